The van der Waals surface area contributed by atoms with Crippen molar-refractivity contribution in [2.45, 2.75) is 32.2 Å². The third-order valence-corrected chi connectivity index (χ3v) is 2.74. The van der Waals surface area contributed by atoms with Crippen LogP contribution in [0, 0.1) is 6.57 Å². The van der Waals surface area contributed by atoms with Gasteiger partial charge in [0.1, 0.15) is 0 Å². The quantitative estimate of drug-likeness (QED) is 0.572. The Hall–Kier alpha value is -1.29. The summed E-state index contributed by atoms with van der Waals surface area (Å²) in [6.07, 6.45) is 5.00. The van der Waals surface area contributed by atoms with Gasteiger partial charge in [0.15, 0.2) is 0 Å². The second kappa shape index (κ2) is 3.62. The zero-order valence-corrected chi connectivity index (χ0v) is 7.71. The van der Waals surface area contributed by atoms with E-state index >= 15 is 0 Å². The second-order valence-electron chi connectivity index (χ2n) is 3.58. The summed E-state index contributed by atoms with van der Waals surface area (Å²) in [5, 5.41) is 0. The van der Waals surface area contributed by atoms with Crippen LogP contribution in [-0.4, -0.2) is 0 Å². The molecule has 13 heavy (non-hydrogen) atoms. The van der Waals surface area contributed by atoms with Crippen LogP contribution in [0.25, 0.3) is 4.85 Å². The van der Waals surface area contributed by atoms with E-state index in [4.69, 9.17) is 6.57 Å². The second-order valence-corrected chi connectivity index (χ2v) is 3.58. The molecule has 0 radical (unpaired) electrons. The Bertz CT molecular complexity index is 347. The molecular weight excluding hydrogens is 158 g/mol. The molecule has 0 aromatic heterocycles. The van der Waals surface area contributed by atoms with Crippen LogP contribution in [0.5, 0.6) is 0 Å². The highest BCUT2D eigenvalue weighted by molar-refractivity contribution is 5.37. The molecule has 0 saturated carbocycles. The van der Waals surface area contributed by atoms with Gasteiger partial charge < -0.3 is 4.85 Å². The third-order valence-electron chi connectivity index (χ3n) is 2.74. The molecule has 0 unspecified atom stereocenters. The smallest absolute Gasteiger partial charge is 0.240 e. The lowest BCUT2D eigenvalue weighted by Crippen LogP contribution is -2.05. The Labute approximate surface area is 79.2 Å². The highest BCUT2D eigenvalue weighted by Crippen LogP contribution is 2.24. The average Bonchev–Trinajstić information content (AvgIpc) is 2.19. The van der Waals surface area contributed by atoms with E-state index in [1.807, 2.05) is 0 Å². The summed E-state index contributed by atoms with van der Waals surface area (Å²) in [6, 6.07) is 6.40. The predicted molar refractivity (Wildman–Crippen MR) is 53.4 cm³/mol. The minimum atomic E-state index is 0.559. The van der Waals surface area contributed by atoms with Crippen LogP contribution in [0.4, 0.5) is 0 Å². The maximum absolute atomic E-state index is 6.88. The minimum absolute atomic E-state index is 0.559. The summed E-state index contributed by atoms with van der Waals surface area (Å²) in [4.78, 5) is 3.46. The first-order valence-electron chi connectivity index (χ1n) is 4.84. The van der Waals surface area contributed by atoms with Crippen molar-refractivity contribution in [1.82, 2.24) is 0 Å². The number of rotatable bonds is 1. The number of hydrogen-bond donors (Lipinski definition) is 0. The van der Waals surface area contributed by atoms with Crippen LogP contribution in [0.1, 0.15) is 29.5 Å². The van der Waals surface area contributed by atoms with Crippen LogP contribution in [0.15, 0.2) is 18.2 Å². The summed E-state index contributed by atoms with van der Waals surface area (Å²) >= 11 is 0. The van der Waals surface area contributed by atoms with Crippen LogP contribution in [0.3, 0.4) is 0 Å². The van der Waals surface area contributed by atoms with Gasteiger partial charge in [-0.1, -0.05) is 18.2 Å². The highest BCUT2D eigenvalue weighted by atomic mass is 14.6. The Morgan fingerprint density at radius 2 is 2.08 bits per heavy atom. The molecule has 1 aliphatic rings. The summed E-state index contributed by atoms with van der Waals surface area (Å²) in [5.74, 6) is 0. The first-order chi connectivity index (χ1) is 6.42. The van der Waals surface area contributed by atoms with Crippen LogP contribution >= 0.6 is 0 Å². The molecule has 1 nitrogen and oxygen atoms in total. The number of benzene rings is 1. The molecule has 66 valence electrons. The molecule has 0 bridgehead atoms. The van der Waals surface area contributed by atoms with E-state index in [0.29, 0.717) is 6.54 Å². The zero-order valence-electron chi connectivity index (χ0n) is 7.71. The lowest BCUT2D eigenvalue weighted by molar-refractivity contribution is 0.680. The lowest BCUT2D eigenvalue weighted by Gasteiger charge is -2.16. The molecule has 1 aliphatic carbocycles. The standard InChI is InChI=1S/C12H13N/c1-13-9-11-7-4-6-10-5-2-3-8-12(10)11/h4,6-7H,2-3,5,8-9H2. The van der Waals surface area contributed by atoms with Crippen molar-refractivity contribution in [3.05, 3.63) is 46.3 Å². The fourth-order valence-electron chi connectivity index (χ4n) is 2.09. The Balaban J connectivity index is 2.41. The van der Waals surface area contributed by atoms with Gasteiger partial charge in [-0.25, -0.2) is 6.57 Å². The fraction of sp³-hybridized carbons (Fsp3) is 0.417. The lowest BCUT2D eigenvalue weighted by atomic mass is 9.88. The zero-order chi connectivity index (χ0) is 9.10. The number of nitrogens with zero attached hydrogens (tertiary/aromatic N) is 1. The van der Waals surface area contributed by atoms with E-state index in [-0.39, 0.29) is 0 Å². The molecule has 0 spiro atoms. The van der Waals surface area contributed by atoms with Crippen molar-refractivity contribution >= 4 is 0 Å². The number of hydrogen-bond acceptors (Lipinski definition) is 0. The molecule has 2 rings (SSSR count). The highest BCUT2D eigenvalue weighted by Gasteiger charge is 2.13. The fourth-order valence-corrected chi connectivity index (χ4v) is 2.09. The van der Waals surface area contributed by atoms with Crippen molar-refractivity contribution in [3.8, 4) is 0 Å². The molecule has 1 aromatic carbocycles. The maximum Gasteiger partial charge on any atom is 0.240 e. The van der Waals surface area contributed by atoms with E-state index in [2.05, 4.69) is 23.0 Å². The van der Waals surface area contributed by atoms with Gasteiger partial charge in [-0.15, -0.1) is 0 Å². The summed E-state index contributed by atoms with van der Waals surface area (Å²) in [7, 11) is 0. The SMILES string of the molecule is [C-]#[N+]Cc1cccc2c1CCCC2. The first kappa shape index (κ1) is 8.31. The predicted octanol–water partition coefficient (Wildman–Crippen LogP) is 2.98. The van der Waals surface area contributed by atoms with Crippen molar-refractivity contribution in [3.63, 3.8) is 0 Å². The largest absolute Gasteiger partial charge is 0.312 e. The molecule has 1 aromatic rings. The van der Waals surface area contributed by atoms with Gasteiger partial charge in [0.05, 0.1) is 0 Å². The van der Waals surface area contributed by atoms with Crippen molar-refractivity contribution in [2.75, 3.05) is 0 Å². The van der Waals surface area contributed by atoms with Gasteiger partial charge >= 0.3 is 0 Å². The molecule has 0 heterocycles. The van der Waals surface area contributed by atoms with Crippen molar-refractivity contribution in [2.24, 2.45) is 0 Å². The Kier molecular flexibility index (Phi) is 2.31. The van der Waals surface area contributed by atoms with Gasteiger partial charge in [-0.2, -0.15) is 0 Å². The van der Waals surface area contributed by atoms with Crippen LogP contribution in [-0.2, 0) is 19.4 Å². The van der Waals surface area contributed by atoms with Gasteiger partial charge in [-0.3, -0.25) is 0 Å². The number of aryl methyl sites for hydroxylation is 1. The molecule has 0 saturated heterocycles. The minimum Gasteiger partial charge on any atom is -0.312 e. The van der Waals surface area contributed by atoms with Crippen molar-refractivity contribution < 1.29 is 0 Å². The van der Waals surface area contributed by atoms with Gasteiger partial charge in [0, 0.05) is 5.56 Å². The first-order valence-corrected chi connectivity index (χ1v) is 4.84. The van der Waals surface area contributed by atoms with Gasteiger partial charge in [-0.05, 0) is 36.8 Å². The van der Waals surface area contributed by atoms with E-state index in [9.17, 15) is 0 Å². The van der Waals surface area contributed by atoms with Crippen LogP contribution in [0.2, 0.25) is 0 Å². The number of fused-ring (bicyclic) bond motifs is 1. The topological polar surface area (TPSA) is 4.36 Å². The third kappa shape index (κ3) is 1.58. The van der Waals surface area contributed by atoms with Crippen LogP contribution < -0.4 is 0 Å². The summed E-state index contributed by atoms with van der Waals surface area (Å²) in [5.41, 5.74) is 4.20. The monoisotopic (exact) mass is 171 g/mol. The Morgan fingerprint density at radius 3 is 2.92 bits per heavy atom. The average molecular weight is 171 g/mol. The molecule has 0 atom stereocenters. The van der Waals surface area contributed by atoms with Crippen molar-refractivity contribution in [1.29, 1.82) is 0 Å². The summed E-state index contributed by atoms with van der Waals surface area (Å²) < 4.78 is 0. The van der Waals surface area contributed by atoms with Gasteiger partial charge in [0.2, 0.25) is 6.54 Å². The van der Waals surface area contributed by atoms with E-state index in [0.717, 1.165) is 0 Å². The molecule has 1 heteroatoms. The molecule has 0 aliphatic heterocycles. The van der Waals surface area contributed by atoms with E-state index in [1.54, 1.807) is 0 Å². The molecule has 0 N–H and O–H groups in total. The summed E-state index contributed by atoms with van der Waals surface area (Å²) in [6.45, 7) is 7.44. The molecule has 0 amide bonds. The van der Waals surface area contributed by atoms with E-state index in [1.165, 1.54) is 42.4 Å². The molecule has 0 fully saturated rings. The van der Waals surface area contributed by atoms with Gasteiger partial charge in [0.25, 0.3) is 0 Å². The van der Waals surface area contributed by atoms with E-state index < -0.39 is 0 Å². The maximum atomic E-state index is 6.88. The normalized spacial score (nSPS) is 14.7. The Morgan fingerprint density at radius 1 is 1.23 bits per heavy atom. The molecular formula is C12H13N.